The molecule has 0 saturated heterocycles. The third kappa shape index (κ3) is 8.95. The summed E-state index contributed by atoms with van der Waals surface area (Å²) in [6, 6.07) is 13.8. The third-order valence-corrected chi connectivity index (χ3v) is 5.03. The summed E-state index contributed by atoms with van der Waals surface area (Å²) in [5.74, 6) is 0.812. The van der Waals surface area contributed by atoms with Crippen LogP contribution >= 0.6 is 0 Å². The van der Waals surface area contributed by atoms with Crippen LogP contribution in [-0.2, 0) is 19.0 Å². The molecule has 35 heavy (non-hydrogen) atoms. The molecular formula is C26H33NO8. The molecule has 0 aliphatic carbocycles. The summed E-state index contributed by atoms with van der Waals surface area (Å²) < 4.78 is 27.0. The van der Waals surface area contributed by atoms with Crippen molar-refractivity contribution in [1.29, 1.82) is 0 Å². The zero-order valence-electron chi connectivity index (χ0n) is 20.5. The second-order valence-electron chi connectivity index (χ2n) is 7.44. The number of aliphatic hydroxyl groups excluding tert-OH is 1. The van der Waals surface area contributed by atoms with Crippen LogP contribution in [-0.4, -0.2) is 57.3 Å². The van der Waals surface area contributed by atoms with Crippen molar-refractivity contribution in [2.75, 3.05) is 39.4 Å². The van der Waals surface area contributed by atoms with Gasteiger partial charge in [-0.25, -0.2) is 9.59 Å². The van der Waals surface area contributed by atoms with Crippen LogP contribution in [0.3, 0.4) is 0 Å². The van der Waals surface area contributed by atoms with E-state index in [1.54, 1.807) is 75.6 Å². The number of carbonyl (C=O) groups excluding carboxylic acids is 2. The third-order valence-electron chi connectivity index (χ3n) is 5.03. The van der Waals surface area contributed by atoms with Crippen molar-refractivity contribution in [2.45, 2.75) is 32.5 Å². The monoisotopic (exact) mass is 487 g/mol. The molecule has 0 spiro atoms. The number of hydrogen-bond donors (Lipinski definition) is 2. The molecule has 2 rings (SSSR count). The summed E-state index contributed by atoms with van der Waals surface area (Å²) in [7, 11) is 3.07. The van der Waals surface area contributed by atoms with Crippen molar-refractivity contribution in [2.24, 2.45) is 0 Å². The average molecular weight is 488 g/mol. The van der Waals surface area contributed by atoms with Crippen molar-refractivity contribution in [3.63, 3.8) is 0 Å². The maximum Gasteiger partial charge on any atom is 0.412 e. The minimum atomic E-state index is -0.795. The number of esters is 1. The number of nitrogens with one attached hydrogen (secondary N) is 1. The summed E-state index contributed by atoms with van der Waals surface area (Å²) in [4.78, 5) is 24.7. The molecule has 0 aliphatic rings. The highest BCUT2D eigenvalue weighted by Crippen LogP contribution is 2.29. The molecule has 1 amide bonds. The van der Waals surface area contributed by atoms with Crippen LogP contribution < -0.4 is 14.8 Å². The molecule has 9 heteroatoms. The average Bonchev–Trinajstić information content (AvgIpc) is 2.87. The highest BCUT2D eigenvalue weighted by atomic mass is 16.6. The molecule has 0 saturated carbocycles. The quantitative estimate of drug-likeness (QED) is 0.318. The van der Waals surface area contributed by atoms with Crippen molar-refractivity contribution in [3.05, 3.63) is 65.7 Å². The number of ether oxygens (including phenoxy) is 5. The molecule has 9 nitrogen and oxygen atoms in total. The fourth-order valence-electron chi connectivity index (χ4n) is 3.18. The molecule has 190 valence electrons. The van der Waals surface area contributed by atoms with Gasteiger partial charge in [0, 0.05) is 18.4 Å². The lowest BCUT2D eigenvalue weighted by Gasteiger charge is -2.26. The summed E-state index contributed by atoms with van der Waals surface area (Å²) >= 11 is 0. The summed E-state index contributed by atoms with van der Waals surface area (Å²) in [6.45, 7) is 3.74. The van der Waals surface area contributed by atoms with Gasteiger partial charge in [-0.15, -0.1) is 0 Å². The zero-order valence-corrected chi connectivity index (χ0v) is 20.5. The van der Waals surface area contributed by atoms with Gasteiger partial charge in [0.1, 0.15) is 24.2 Å². The Morgan fingerprint density at radius 2 is 1.69 bits per heavy atom. The summed E-state index contributed by atoms with van der Waals surface area (Å²) in [5, 5.41) is 11.6. The Morgan fingerprint density at radius 1 is 1.03 bits per heavy atom. The number of hydrogen-bond acceptors (Lipinski definition) is 8. The van der Waals surface area contributed by atoms with E-state index in [1.165, 1.54) is 7.11 Å². The molecule has 0 heterocycles. The predicted molar refractivity (Wildman–Crippen MR) is 131 cm³/mol. The number of anilines is 1. The van der Waals surface area contributed by atoms with Gasteiger partial charge in [-0.2, -0.15) is 0 Å². The van der Waals surface area contributed by atoms with Gasteiger partial charge in [-0.05, 0) is 62.2 Å². The van der Waals surface area contributed by atoms with Gasteiger partial charge < -0.3 is 28.8 Å². The Bertz CT molecular complexity index is 956. The lowest BCUT2D eigenvalue weighted by atomic mass is 10.0. The van der Waals surface area contributed by atoms with Crippen molar-refractivity contribution >= 4 is 17.7 Å². The molecule has 0 radical (unpaired) electrons. The first-order valence-electron chi connectivity index (χ1n) is 11.2. The Labute approximate surface area is 205 Å². The molecule has 0 aromatic heterocycles. The van der Waals surface area contributed by atoms with Crippen LogP contribution in [0.25, 0.3) is 0 Å². The van der Waals surface area contributed by atoms with Gasteiger partial charge in [0.15, 0.2) is 6.10 Å². The lowest BCUT2D eigenvalue weighted by Crippen LogP contribution is -2.28. The van der Waals surface area contributed by atoms with E-state index in [0.29, 0.717) is 34.7 Å². The molecular weight excluding hydrogens is 454 g/mol. The highest BCUT2D eigenvalue weighted by molar-refractivity contribution is 5.87. The summed E-state index contributed by atoms with van der Waals surface area (Å²) in [5.41, 5.74) is 1.64. The molecule has 2 atom stereocenters. The van der Waals surface area contributed by atoms with Crippen LogP contribution in [0.4, 0.5) is 10.5 Å². The van der Waals surface area contributed by atoms with Crippen molar-refractivity contribution in [3.8, 4) is 11.5 Å². The Morgan fingerprint density at radius 3 is 2.26 bits per heavy atom. The van der Waals surface area contributed by atoms with Crippen LogP contribution in [0, 0.1) is 0 Å². The van der Waals surface area contributed by atoms with Crippen LogP contribution in [0.1, 0.15) is 31.9 Å². The Kier molecular flexibility index (Phi) is 11.6. The SMILES string of the molecule is CCOC(=O)/C(C)=C/C[C@@H](OC)[C@H](OC(=O)Nc1ccc(OC)cc1)c1ccc(OCCO)cc1. The first-order valence-corrected chi connectivity index (χ1v) is 11.2. The van der Waals surface area contributed by atoms with Gasteiger partial charge in [-0.3, -0.25) is 5.32 Å². The Balaban J connectivity index is 2.23. The molecule has 0 aliphatic heterocycles. The summed E-state index contributed by atoms with van der Waals surface area (Å²) in [6.07, 6.45) is -0.0666. The van der Waals surface area contributed by atoms with E-state index < -0.39 is 24.3 Å². The van der Waals surface area contributed by atoms with E-state index in [4.69, 9.17) is 28.8 Å². The second-order valence-corrected chi connectivity index (χ2v) is 7.44. The molecule has 0 bridgehead atoms. The smallest absolute Gasteiger partial charge is 0.412 e. The fraction of sp³-hybridized carbons (Fsp3) is 0.385. The normalized spacial score (nSPS) is 12.9. The highest BCUT2D eigenvalue weighted by Gasteiger charge is 2.27. The first-order chi connectivity index (χ1) is 16.9. The predicted octanol–water partition coefficient (Wildman–Crippen LogP) is 4.27. The maximum absolute atomic E-state index is 12.7. The number of carbonyl (C=O) groups is 2. The van der Waals surface area contributed by atoms with Crippen LogP contribution in [0.15, 0.2) is 60.2 Å². The van der Waals surface area contributed by atoms with Crippen molar-refractivity contribution in [1.82, 2.24) is 0 Å². The van der Waals surface area contributed by atoms with Crippen LogP contribution in [0.5, 0.6) is 11.5 Å². The molecule has 2 N–H and O–H groups in total. The minimum absolute atomic E-state index is 0.100. The number of amides is 1. The standard InChI is InChI=1S/C26H33NO8/c1-5-33-25(29)18(2)6-15-23(32-4)24(19-7-11-22(12-8-19)34-17-16-28)35-26(30)27-20-9-13-21(31-3)14-10-20/h6-14,23-24,28H,5,15-17H2,1-4H3,(H,27,30)/b18-6+/t23-,24-/m1/s1. The van der Waals surface area contributed by atoms with Crippen molar-refractivity contribution < 1.29 is 38.4 Å². The van der Waals surface area contributed by atoms with Gasteiger partial charge in [0.25, 0.3) is 0 Å². The van der Waals surface area contributed by atoms with Gasteiger partial charge >= 0.3 is 12.1 Å². The number of benzene rings is 2. The molecule has 2 aromatic rings. The lowest BCUT2D eigenvalue weighted by molar-refractivity contribution is -0.138. The van der Waals surface area contributed by atoms with Crippen LogP contribution in [0.2, 0.25) is 0 Å². The minimum Gasteiger partial charge on any atom is -0.497 e. The molecule has 2 aromatic carbocycles. The Hall–Kier alpha value is -3.56. The number of aliphatic hydroxyl groups is 1. The second kappa shape index (κ2) is 14.6. The van der Waals surface area contributed by atoms with E-state index in [0.717, 1.165) is 0 Å². The zero-order chi connectivity index (χ0) is 25.6. The molecule has 0 fully saturated rings. The molecule has 0 unspecified atom stereocenters. The largest absolute Gasteiger partial charge is 0.497 e. The van der Waals surface area contributed by atoms with Gasteiger partial charge in [-0.1, -0.05) is 18.2 Å². The van der Waals surface area contributed by atoms with E-state index in [9.17, 15) is 9.59 Å². The number of methoxy groups -OCH3 is 2. The topological polar surface area (TPSA) is 113 Å². The van der Waals surface area contributed by atoms with E-state index in [-0.39, 0.29) is 19.8 Å². The van der Waals surface area contributed by atoms with Gasteiger partial charge in [0.05, 0.1) is 20.3 Å². The van der Waals surface area contributed by atoms with E-state index in [1.807, 2.05) is 0 Å². The first kappa shape index (κ1) is 27.7. The fourth-order valence-corrected chi connectivity index (χ4v) is 3.18. The maximum atomic E-state index is 12.7. The van der Waals surface area contributed by atoms with Gasteiger partial charge in [0.2, 0.25) is 0 Å². The number of rotatable bonds is 13. The van der Waals surface area contributed by atoms with E-state index >= 15 is 0 Å². The van der Waals surface area contributed by atoms with E-state index in [2.05, 4.69) is 5.32 Å².